The number of hydrogen-bond donors (Lipinski definition) is 0. The molecule has 7 nitrogen and oxygen atoms in total. The van der Waals surface area contributed by atoms with Crippen LogP contribution in [-0.2, 0) is 0 Å². The molecule has 9 aromatic carbocycles. The van der Waals surface area contributed by atoms with Crippen molar-refractivity contribution in [2.75, 3.05) is 0 Å². The summed E-state index contributed by atoms with van der Waals surface area (Å²) in [4.78, 5) is 10.8. The van der Waals surface area contributed by atoms with E-state index in [2.05, 4.69) is 120 Å². The van der Waals surface area contributed by atoms with Gasteiger partial charge in [0.1, 0.15) is 33.5 Å². The van der Waals surface area contributed by atoms with Gasteiger partial charge in [-0.15, -0.1) is 0 Å². The second-order valence-corrected chi connectivity index (χ2v) is 16.0. The van der Waals surface area contributed by atoms with Gasteiger partial charge >= 0.3 is 0 Å². The maximum Gasteiger partial charge on any atom is 0.247 e. The van der Waals surface area contributed by atoms with Gasteiger partial charge in [-0.25, -0.2) is 9.97 Å². The van der Waals surface area contributed by atoms with Gasteiger partial charge in [-0.2, -0.15) is 5.26 Å². The molecule has 0 radical (unpaired) electrons. The Morgan fingerprint density at radius 1 is 0.452 bits per heavy atom. The minimum absolute atomic E-state index is 0.438. The average molecular weight is 793 g/mol. The first-order chi connectivity index (χ1) is 30.7. The summed E-state index contributed by atoms with van der Waals surface area (Å²) >= 11 is 0. The summed E-state index contributed by atoms with van der Waals surface area (Å²) in [5.41, 5.74) is 11.1. The molecular weight excluding hydrogens is 765 g/mol. The molecule has 0 aliphatic carbocycles. The predicted octanol–water partition coefficient (Wildman–Crippen LogP) is 14.8. The first-order valence-electron chi connectivity index (χ1n) is 20.5. The number of nitrogens with zero attached hydrogens (tertiary/aromatic N) is 4. The van der Waals surface area contributed by atoms with Gasteiger partial charge in [-0.3, -0.25) is 4.57 Å². The number of benzene rings is 9. The van der Waals surface area contributed by atoms with Crippen LogP contribution < -0.4 is 0 Å². The molecule has 0 unspecified atom stereocenters. The van der Waals surface area contributed by atoms with Crippen LogP contribution >= 0.6 is 0 Å². The van der Waals surface area contributed by atoms with Gasteiger partial charge < -0.3 is 13.3 Å². The van der Waals surface area contributed by atoms with Crippen molar-refractivity contribution in [2.24, 2.45) is 0 Å². The molecule has 5 aromatic heterocycles. The van der Waals surface area contributed by atoms with Crippen molar-refractivity contribution in [3.8, 4) is 34.3 Å². The summed E-state index contributed by atoms with van der Waals surface area (Å²) in [6.07, 6.45) is 0. The second-order valence-electron chi connectivity index (χ2n) is 16.0. The van der Waals surface area contributed by atoms with Crippen LogP contribution in [0, 0.1) is 11.3 Å². The first kappa shape index (κ1) is 33.1. The van der Waals surface area contributed by atoms with E-state index >= 15 is 0 Å². The maximum atomic E-state index is 9.74. The molecular formula is C55H28N4O3. The van der Waals surface area contributed by atoms with Crippen molar-refractivity contribution in [3.63, 3.8) is 0 Å². The number of aromatic nitrogens is 3. The van der Waals surface area contributed by atoms with Gasteiger partial charge in [-0.05, 0) is 87.9 Å². The third-order valence-corrected chi connectivity index (χ3v) is 12.6. The van der Waals surface area contributed by atoms with E-state index in [0.717, 1.165) is 109 Å². The van der Waals surface area contributed by atoms with Gasteiger partial charge in [0.25, 0.3) is 0 Å². The van der Waals surface area contributed by atoms with E-state index in [4.69, 9.17) is 23.2 Å². The highest BCUT2D eigenvalue weighted by Crippen LogP contribution is 2.48. The van der Waals surface area contributed by atoms with E-state index < -0.39 is 0 Å². The number of hydrogen-bond acceptors (Lipinski definition) is 6. The topological polar surface area (TPSA) is 93.9 Å². The number of fused-ring (bicyclic) bond motifs is 18. The molecule has 0 aliphatic heterocycles. The van der Waals surface area contributed by atoms with Gasteiger partial charge in [0.15, 0.2) is 11.4 Å². The fraction of sp³-hybridized carbons (Fsp3) is 0. The molecule has 7 heteroatoms. The second kappa shape index (κ2) is 12.2. The lowest BCUT2D eigenvalue weighted by Gasteiger charge is -2.13. The standard InChI is InChI=1S/C55H28N4O3/c56-29-30-17-19-32(20-18-30)49-54(57-50-39-13-5-8-16-45(39)61-55(50)58-49)59-43-14-6-3-12-38(43)47-42-28-33(34-23-26-46-41(27-34)36-11-4-7-15-44(36)60-46)22-24-37(42)48-40-25-21-31-9-1-2-10-35(31)52(40)62-53(48)51(47)59/h1-28H. The summed E-state index contributed by atoms with van der Waals surface area (Å²) in [5, 5.41) is 21.3. The zero-order valence-corrected chi connectivity index (χ0v) is 32.7. The largest absolute Gasteiger partial charge is 0.456 e. The van der Waals surface area contributed by atoms with E-state index in [0.29, 0.717) is 33.9 Å². The molecule has 0 saturated carbocycles. The highest BCUT2D eigenvalue weighted by atomic mass is 16.3. The Hall–Kier alpha value is -8.73. The molecule has 0 bridgehead atoms. The maximum absolute atomic E-state index is 9.74. The zero-order chi connectivity index (χ0) is 40.6. The van der Waals surface area contributed by atoms with E-state index in [1.165, 1.54) is 0 Å². The monoisotopic (exact) mass is 792 g/mol. The third-order valence-electron chi connectivity index (χ3n) is 12.6. The lowest BCUT2D eigenvalue weighted by Crippen LogP contribution is -2.03. The lowest BCUT2D eigenvalue weighted by atomic mass is 9.94. The van der Waals surface area contributed by atoms with Crippen molar-refractivity contribution in [2.45, 2.75) is 0 Å². The fourth-order valence-electron chi connectivity index (χ4n) is 9.83. The molecule has 0 N–H and O–H groups in total. The summed E-state index contributed by atoms with van der Waals surface area (Å²) in [5.74, 6) is 0.624. The summed E-state index contributed by atoms with van der Waals surface area (Å²) in [7, 11) is 0. The first-order valence-corrected chi connectivity index (χ1v) is 20.5. The molecule has 0 fully saturated rings. The zero-order valence-electron chi connectivity index (χ0n) is 32.7. The van der Waals surface area contributed by atoms with Crippen LogP contribution in [0.4, 0.5) is 0 Å². The van der Waals surface area contributed by atoms with E-state index in [1.54, 1.807) is 0 Å². The van der Waals surface area contributed by atoms with Crippen molar-refractivity contribution in [3.05, 3.63) is 175 Å². The highest BCUT2D eigenvalue weighted by Gasteiger charge is 2.27. The Morgan fingerprint density at radius 2 is 1.11 bits per heavy atom. The lowest BCUT2D eigenvalue weighted by molar-refractivity contribution is 0.653. The Bertz CT molecular complexity index is 4290. The molecule has 286 valence electrons. The van der Waals surface area contributed by atoms with Crippen LogP contribution in [0.3, 0.4) is 0 Å². The smallest absolute Gasteiger partial charge is 0.247 e. The van der Waals surface area contributed by atoms with Crippen LogP contribution in [-0.4, -0.2) is 14.5 Å². The SMILES string of the molecule is N#Cc1ccc(-c2nc3oc4ccccc4c3nc2-n2c3ccccc3c3c4cc(-c5ccc6oc7ccccc7c6c5)ccc4c4c5ccc6ccccc6c5oc4c32)cc1. The van der Waals surface area contributed by atoms with Crippen molar-refractivity contribution in [1.29, 1.82) is 5.26 Å². The van der Waals surface area contributed by atoms with Gasteiger partial charge in [0.2, 0.25) is 5.71 Å². The minimum atomic E-state index is 0.438. The van der Waals surface area contributed by atoms with Crippen molar-refractivity contribution >= 4 is 109 Å². The average Bonchev–Trinajstić information content (AvgIpc) is 4.10. The quantitative estimate of drug-likeness (QED) is 0.177. The summed E-state index contributed by atoms with van der Waals surface area (Å²) in [6, 6.07) is 60.4. The Balaban J connectivity index is 1.17. The highest BCUT2D eigenvalue weighted by molar-refractivity contribution is 6.36. The third kappa shape index (κ3) is 4.47. The van der Waals surface area contributed by atoms with Crippen LogP contribution in [0.15, 0.2) is 183 Å². The van der Waals surface area contributed by atoms with E-state index in [9.17, 15) is 5.26 Å². The molecule has 5 heterocycles. The number of nitriles is 1. The van der Waals surface area contributed by atoms with Gasteiger partial charge in [-0.1, -0.05) is 109 Å². The van der Waals surface area contributed by atoms with Crippen LogP contribution in [0.1, 0.15) is 5.56 Å². The molecule has 14 rings (SSSR count). The van der Waals surface area contributed by atoms with Gasteiger partial charge in [0, 0.05) is 48.7 Å². The number of furan rings is 3. The van der Waals surface area contributed by atoms with Crippen molar-refractivity contribution < 1.29 is 13.3 Å². The van der Waals surface area contributed by atoms with Crippen LogP contribution in [0.2, 0.25) is 0 Å². The fourth-order valence-corrected chi connectivity index (χ4v) is 9.83. The van der Waals surface area contributed by atoms with Crippen LogP contribution in [0.25, 0.3) is 138 Å². The Morgan fingerprint density at radius 3 is 1.95 bits per heavy atom. The normalized spacial score (nSPS) is 12.2. The predicted molar refractivity (Wildman–Crippen MR) is 249 cm³/mol. The molecule has 0 atom stereocenters. The molecule has 0 aliphatic rings. The van der Waals surface area contributed by atoms with E-state index in [1.807, 2.05) is 60.7 Å². The molecule has 62 heavy (non-hydrogen) atoms. The Kier molecular flexibility index (Phi) is 6.50. The molecule has 14 aromatic rings. The summed E-state index contributed by atoms with van der Waals surface area (Å²) < 4.78 is 22.1. The molecule has 0 spiro atoms. The number of para-hydroxylation sites is 3. The van der Waals surface area contributed by atoms with Crippen LogP contribution in [0.5, 0.6) is 0 Å². The molecule has 0 saturated heterocycles. The molecule has 0 amide bonds. The van der Waals surface area contributed by atoms with Crippen molar-refractivity contribution in [1.82, 2.24) is 14.5 Å². The Labute approximate surface area is 350 Å². The minimum Gasteiger partial charge on any atom is -0.456 e. The number of rotatable bonds is 3. The van der Waals surface area contributed by atoms with E-state index in [-0.39, 0.29) is 0 Å². The van der Waals surface area contributed by atoms with Gasteiger partial charge in [0.05, 0.1) is 22.7 Å². The summed E-state index contributed by atoms with van der Waals surface area (Å²) in [6.45, 7) is 0.